The zero-order valence-corrected chi connectivity index (χ0v) is 15.3. The first-order chi connectivity index (χ1) is 12.7. The lowest BCUT2D eigenvalue weighted by Gasteiger charge is -2.20. The van der Waals surface area contributed by atoms with E-state index in [2.05, 4.69) is 14.7 Å². The molecular weight excluding hydrogens is 328 g/mol. The molecule has 0 radical (unpaired) electrons. The monoisotopic (exact) mass is 354 g/mol. The van der Waals surface area contributed by atoms with E-state index in [1.54, 1.807) is 19.3 Å². The van der Waals surface area contributed by atoms with Crippen molar-refractivity contribution in [3.63, 3.8) is 0 Å². The number of nitrogens with zero attached hydrogens (tertiary/aromatic N) is 2. The van der Waals surface area contributed by atoms with Crippen molar-refractivity contribution in [2.45, 2.75) is 45.4 Å². The van der Waals surface area contributed by atoms with E-state index in [9.17, 15) is 9.59 Å². The third-order valence-corrected chi connectivity index (χ3v) is 4.45. The number of ketones is 1. The number of pyridine rings is 2. The molecule has 1 saturated carbocycles. The molecule has 1 fully saturated rings. The van der Waals surface area contributed by atoms with Crippen LogP contribution in [0.25, 0.3) is 11.4 Å². The smallest absolute Gasteiger partial charge is 0.293 e. The summed E-state index contributed by atoms with van der Waals surface area (Å²) in [6.07, 6.45) is 10.4. The number of Topliss-reactive ketones (excluding diaryl/α,β-unsaturated/α-hetero) is 1. The first-order valence-corrected chi connectivity index (χ1v) is 9.20. The Kier molecular flexibility index (Phi) is 8.46. The van der Waals surface area contributed by atoms with Gasteiger partial charge in [-0.3, -0.25) is 19.6 Å². The average Bonchev–Trinajstić information content (AvgIpc) is 2.71. The molecule has 3 rings (SSSR count). The van der Waals surface area contributed by atoms with Crippen molar-refractivity contribution in [2.75, 3.05) is 6.61 Å². The summed E-state index contributed by atoms with van der Waals surface area (Å²) in [4.78, 5) is 30.1. The van der Waals surface area contributed by atoms with Crippen LogP contribution in [0.4, 0.5) is 0 Å². The van der Waals surface area contributed by atoms with Crippen LogP contribution in [0.5, 0.6) is 0 Å². The van der Waals surface area contributed by atoms with Crippen LogP contribution in [-0.4, -0.2) is 28.8 Å². The number of carbonyl (C=O) groups is 2. The maximum absolute atomic E-state index is 12.3. The van der Waals surface area contributed by atoms with E-state index < -0.39 is 0 Å². The summed E-state index contributed by atoms with van der Waals surface area (Å²) in [5, 5.41) is 0. The topological polar surface area (TPSA) is 69.2 Å². The van der Waals surface area contributed by atoms with Gasteiger partial charge in [-0.1, -0.05) is 38.2 Å². The highest BCUT2D eigenvalue weighted by Crippen LogP contribution is 2.27. The Morgan fingerprint density at radius 3 is 2.42 bits per heavy atom. The maximum Gasteiger partial charge on any atom is 0.293 e. The van der Waals surface area contributed by atoms with Crippen molar-refractivity contribution in [2.24, 2.45) is 5.92 Å². The lowest BCUT2D eigenvalue weighted by molar-refractivity contribution is -0.128. The number of hydrogen-bond acceptors (Lipinski definition) is 5. The fraction of sp³-hybridized carbons (Fsp3) is 0.429. The second-order valence-electron chi connectivity index (χ2n) is 6.33. The first kappa shape index (κ1) is 19.8. The van der Waals surface area contributed by atoms with Gasteiger partial charge in [0.15, 0.2) is 5.78 Å². The van der Waals surface area contributed by atoms with Crippen molar-refractivity contribution in [1.29, 1.82) is 0 Å². The van der Waals surface area contributed by atoms with Gasteiger partial charge < -0.3 is 4.74 Å². The van der Waals surface area contributed by atoms with Crippen molar-refractivity contribution >= 4 is 12.3 Å². The highest BCUT2D eigenvalue weighted by atomic mass is 16.5. The number of carbonyl (C=O) groups excluding carboxylic acids is 2. The molecule has 2 aromatic heterocycles. The number of aromatic nitrogens is 2. The number of rotatable bonds is 6. The van der Waals surface area contributed by atoms with Crippen LogP contribution in [0.2, 0.25) is 0 Å². The maximum atomic E-state index is 12.3. The summed E-state index contributed by atoms with van der Waals surface area (Å²) in [6.45, 7) is 2.66. The van der Waals surface area contributed by atoms with Gasteiger partial charge in [0.1, 0.15) is 0 Å². The van der Waals surface area contributed by atoms with Gasteiger partial charge >= 0.3 is 0 Å². The summed E-state index contributed by atoms with van der Waals surface area (Å²) in [5.41, 5.74) is 2.37. The van der Waals surface area contributed by atoms with E-state index in [0.29, 0.717) is 25.4 Å². The van der Waals surface area contributed by atoms with Crippen molar-refractivity contribution in [3.8, 4) is 11.4 Å². The Morgan fingerprint density at radius 1 is 1.12 bits per heavy atom. The molecule has 2 aromatic rings. The highest BCUT2D eigenvalue weighted by Gasteiger charge is 2.18. The Balaban J connectivity index is 0.000000431. The minimum atomic E-state index is 0.224. The van der Waals surface area contributed by atoms with Gasteiger partial charge in [-0.15, -0.1) is 0 Å². The second kappa shape index (κ2) is 11.1. The highest BCUT2D eigenvalue weighted by molar-refractivity contribution is 5.96. The van der Waals surface area contributed by atoms with E-state index in [1.165, 1.54) is 32.1 Å². The van der Waals surface area contributed by atoms with E-state index in [0.717, 1.165) is 17.0 Å². The fourth-order valence-corrected chi connectivity index (χ4v) is 3.06. The minimum Gasteiger partial charge on any atom is -0.468 e. The molecule has 0 bridgehead atoms. The molecule has 0 atom stereocenters. The zero-order valence-electron chi connectivity index (χ0n) is 15.3. The Morgan fingerprint density at radius 2 is 1.88 bits per heavy atom. The SMILES string of the molecule is CCOC=O.O=C(CC1CCCCC1)c1ccc(-c2ccccn2)nc1. The molecule has 138 valence electrons. The van der Waals surface area contributed by atoms with Crippen LogP contribution in [0.1, 0.15) is 55.8 Å². The van der Waals surface area contributed by atoms with Crippen LogP contribution in [-0.2, 0) is 9.53 Å². The molecule has 0 amide bonds. The molecular formula is C21H26N2O3. The predicted octanol–water partition coefficient (Wildman–Crippen LogP) is 4.48. The predicted molar refractivity (Wildman–Crippen MR) is 101 cm³/mol. The molecule has 0 spiro atoms. The molecule has 2 heterocycles. The summed E-state index contributed by atoms with van der Waals surface area (Å²) >= 11 is 0. The van der Waals surface area contributed by atoms with Gasteiger partial charge in [0.2, 0.25) is 0 Å². The van der Waals surface area contributed by atoms with Crippen LogP contribution in [0, 0.1) is 5.92 Å². The van der Waals surface area contributed by atoms with Crippen molar-refractivity contribution < 1.29 is 14.3 Å². The van der Waals surface area contributed by atoms with E-state index in [-0.39, 0.29) is 5.78 Å². The molecule has 1 aliphatic rings. The summed E-state index contributed by atoms with van der Waals surface area (Å²) in [7, 11) is 0. The van der Waals surface area contributed by atoms with Crippen LogP contribution < -0.4 is 0 Å². The quantitative estimate of drug-likeness (QED) is 0.565. The Labute approximate surface area is 154 Å². The normalized spacial score (nSPS) is 14.0. The zero-order chi connectivity index (χ0) is 18.6. The van der Waals surface area contributed by atoms with Crippen LogP contribution in [0.3, 0.4) is 0 Å². The minimum absolute atomic E-state index is 0.224. The van der Waals surface area contributed by atoms with Crippen molar-refractivity contribution in [3.05, 3.63) is 48.3 Å². The van der Waals surface area contributed by atoms with Gasteiger partial charge in [0.05, 0.1) is 18.0 Å². The fourth-order valence-electron chi connectivity index (χ4n) is 3.06. The van der Waals surface area contributed by atoms with Crippen LogP contribution in [0.15, 0.2) is 42.7 Å². The molecule has 0 N–H and O–H groups in total. The van der Waals surface area contributed by atoms with Gasteiger partial charge in [-0.25, -0.2) is 0 Å². The number of hydrogen-bond donors (Lipinski definition) is 0. The first-order valence-electron chi connectivity index (χ1n) is 9.20. The third-order valence-electron chi connectivity index (χ3n) is 4.45. The molecule has 5 nitrogen and oxygen atoms in total. The van der Waals surface area contributed by atoms with E-state index >= 15 is 0 Å². The Hall–Kier alpha value is -2.56. The molecule has 0 saturated heterocycles. The molecule has 1 aliphatic carbocycles. The van der Waals surface area contributed by atoms with Gasteiger partial charge in [0, 0.05) is 24.4 Å². The molecule has 0 aromatic carbocycles. The lowest BCUT2D eigenvalue weighted by Crippen LogP contribution is -2.12. The standard InChI is InChI=1S/C18H20N2O.C3H6O2/c21-18(12-14-6-2-1-3-7-14)15-9-10-17(20-13-15)16-8-4-5-11-19-16;1-2-5-3-4/h4-5,8-11,13-14H,1-3,6-7,12H2;3H,2H2,1H3. The second-order valence-corrected chi connectivity index (χ2v) is 6.33. The average molecular weight is 354 g/mol. The van der Waals surface area contributed by atoms with Crippen LogP contribution >= 0.6 is 0 Å². The summed E-state index contributed by atoms with van der Waals surface area (Å²) < 4.78 is 4.15. The third kappa shape index (κ3) is 6.39. The van der Waals surface area contributed by atoms with Gasteiger partial charge in [-0.05, 0) is 37.1 Å². The largest absolute Gasteiger partial charge is 0.468 e. The van der Waals surface area contributed by atoms with E-state index in [4.69, 9.17) is 0 Å². The summed E-state index contributed by atoms with van der Waals surface area (Å²) in [5.74, 6) is 0.795. The van der Waals surface area contributed by atoms with Crippen molar-refractivity contribution in [1.82, 2.24) is 9.97 Å². The molecule has 0 aliphatic heterocycles. The molecule has 5 heteroatoms. The molecule has 26 heavy (non-hydrogen) atoms. The lowest BCUT2D eigenvalue weighted by atomic mass is 9.85. The van der Waals surface area contributed by atoms with Gasteiger partial charge in [-0.2, -0.15) is 0 Å². The summed E-state index contributed by atoms with van der Waals surface area (Å²) in [6, 6.07) is 9.50. The van der Waals surface area contributed by atoms with E-state index in [1.807, 2.05) is 30.3 Å². The Bertz CT molecular complexity index is 665. The number of ether oxygens (including phenoxy) is 1. The van der Waals surface area contributed by atoms with Gasteiger partial charge in [0.25, 0.3) is 6.47 Å². The molecule has 0 unspecified atom stereocenters.